The highest BCUT2D eigenvalue weighted by atomic mass is 35.5. The van der Waals surface area contributed by atoms with Crippen LogP contribution in [0.2, 0.25) is 0 Å². The summed E-state index contributed by atoms with van der Waals surface area (Å²) >= 11 is 6.04. The smallest absolute Gasteiger partial charge is 0.225 e. The molecule has 1 aliphatic heterocycles. The summed E-state index contributed by atoms with van der Waals surface area (Å²) in [5, 5.41) is 3.40. The minimum atomic E-state index is 0.0874. The quantitative estimate of drug-likeness (QED) is 0.772. The van der Waals surface area contributed by atoms with E-state index in [4.69, 9.17) is 16.3 Å². The van der Waals surface area contributed by atoms with Crippen LogP contribution in [0.15, 0.2) is 0 Å². The van der Waals surface area contributed by atoms with Gasteiger partial charge in [-0.3, -0.25) is 4.79 Å². The van der Waals surface area contributed by atoms with Crippen molar-refractivity contribution >= 4 is 17.5 Å². The second kappa shape index (κ2) is 5.87. The lowest BCUT2D eigenvalue weighted by atomic mass is 9.89. The van der Waals surface area contributed by atoms with Gasteiger partial charge in [0.1, 0.15) is 0 Å². The molecule has 0 bridgehead atoms. The Labute approximate surface area is 102 Å². The third-order valence-electron chi connectivity index (χ3n) is 3.64. The molecule has 2 aliphatic rings. The Morgan fingerprint density at radius 1 is 1.25 bits per heavy atom. The Bertz CT molecular complexity index is 233. The first-order chi connectivity index (χ1) is 7.75. The molecule has 1 saturated heterocycles. The Balaban J connectivity index is 1.65. The van der Waals surface area contributed by atoms with Crippen molar-refractivity contribution in [3.8, 4) is 0 Å². The second-order valence-electron chi connectivity index (χ2n) is 4.92. The highest BCUT2D eigenvalue weighted by molar-refractivity contribution is 6.20. The number of nitrogens with one attached hydrogen (secondary N) is 1. The molecule has 0 aromatic rings. The first-order valence-electron chi connectivity index (χ1n) is 6.25. The van der Waals surface area contributed by atoms with Crippen LogP contribution >= 0.6 is 11.6 Å². The van der Waals surface area contributed by atoms with Crippen LogP contribution in [0.1, 0.15) is 32.1 Å². The number of carbonyl (C=O) groups is 1. The molecule has 0 spiro atoms. The van der Waals surface area contributed by atoms with Crippen molar-refractivity contribution in [3.63, 3.8) is 0 Å². The van der Waals surface area contributed by atoms with E-state index in [9.17, 15) is 4.79 Å². The van der Waals surface area contributed by atoms with E-state index in [1.165, 1.54) is 0 Å². The maximum Gasteiger partial charge on any atom is 0.225 e. The van der Waals surface area contributed by atoms with Gasteiger partial charge in [-0.1, -0.05) is 0 Å². The molecule has 3 nitrogen and oxygen atoms in total. The number of hydrogen-bond donors (Lipinski definition) is 1. The predicted octanol–water partition coefficient (Wildman–Crippen LogP) is 1.94. The molecule has 0 aromatic heterocycles. The molecular weight excluding hydrogens is 226 g/mol. The molecule has 92 valence electrons. The molecule has 0 radical (unpaired) electrons. The Morgan fingerprint density at radius 3 is 2.62 bits per heavy atom. The van der Waals surface area contributed by atoms with Gasteiger partial charge in [-0.15, -0.1) is 11.6 Å². The largest absolute Gasteiger partial charge is 0.381 e. The lowest BCUT2D eigenvalue weighted by Crippen LogP contribution is -2.35. The molecule has 1 amide bonds. The van der Waals surface area contributed by atoms with Gasteiger partial charge in [0, 0.05) is 18.5 Å². The summed E-state index contributed by atoms with van der Waals surface area (Å²) in [7, 11) is 0. The third kappa shape index (κ3) is 3.36. The van der Waals surface area contributed by atoms with Gasteiger partial charge in [-0.2, -0.15) is 0 Å². The topological polar surface area (TPSA) is 38.3 Å². The van der Waals surface area contributed by atoms with E-state index >= 15 is 0 Å². The fraction of sp³-hybridized carbons (Fsp3) is 0.917. The molecule has 1 saturated carbocycles. The SMILES string of the molecule is O=C(NCC1CCC(Cl)CC1)C1CCOC1. The van der Waals surface area contributed by atoms with Gasteiger partial charge in [0.15, 0.2) is 0 Å². The molecule has 2 fully saturated rings. The fourth-order valence-corrected chi connectivity index (χ4v) is 2.71. The van der Waals surface area contributed by atoms with Crippen LogP contribution in [0.3, 0.4) is 0 Å². The van der Waals surface area contributed by atoms with Gasteiger partial charge < -0.3 is 10.1 Å². The molecule has 2 rings (SSSR count). The molecule has 1 atom stereocenters. The van der Waals surface area contributed by atoms with Crippen LogP contribution in [-0.4, -0.2) is 31.0 Å². The normalized spacial score (nSPS) is 34.9. The van der Waals surface area contributed by atoms with Gasteiger partial charge in [-0.25, -0.2) is 0 Å². The van der Waals surface area contributed by atoms with Crippen molar-refractivity contribution in [2.75, 3.05) is 19.8 Å². The number of alkyl halides is 1. The van der Waals surface area contributed by atoms with Gasteiger partial charge in [0.2, 0.25) is 5.91 Å². The minimum Gasteiger partial charge on any atom is -0.381 e. The summed E-state index contributed by atoms with van der Waals surface area (Å²) < 4.78 is 5.21. The number of hydrogen-bond acceptors (Lipinski definition) is 2. The number of carbonyl (C=O) groups excluding carboxylic acids is 1. The summed E-state index contributed by atoms with van der Waals surface area (Å²) in [5.41, 5.74) is 0. The predicted molar refractivity (Wildman–Crippen MR) is 63.5 cm³/mol. The summed E-state index contributed by atoms with van der Waals surface area (Å²) in [6.07, 6.45) is 5.36. The minimum absolute atomic E-state index is 0.0874. The maximum atomic E-state index is 11.7. The molecule has 1 aliphatic carbocycles. The summed E-state index contributed by atoms with van der Waals surface area (Å²) in [5.74, 6) is 0.885. The molecule has 1 N–H and O–H groups in total. The van der Waals surface area contributed by atoms with E-state index in [2.05, 4.69) is 5.32 Å². The van der Waals surface area contributed by atoms with Gasteiger partial charge in [-0.05, 0) is 38.0 Å². The number of amides is 1. The average molecular weight is 246 g/mol. The van der Waals surface area contributed by atoms with E-state index in [0.717, 1.165) is 45.3 Å². The number of halogens is 1. The van der Waals surface area contributed by atoms with Crippen molar-refractivity contribution in [2.24, 2.45) is 11.8 Å². The molecule has 0 aromatic carbocycles. The highest BCUT2D eigenvalue weighted by Crippen LogP contribution is 2.27. The van der Waals surface area contributed by atoms with E-state index in [1.54, 1.807) is 0 Å². The van der Waals surface area contributed by atoms with Crippen molar-refractivity contribution < 1.29 is 9.53 Å². The van der Waals surface area contributed by atoms with Crippen molar-refractivity contribution in [2.45, 2.75) is 37.5 Å². The van der Waals surface area contributed by atoms with Crippen LogP contribution in [0.25, 0.3) is 0 Å². The number of ether oxygens (including phenoxy) is 1. The zero-order chi connectivity index (χ0) is 11.4. The van der Waals surface area contributed by atoms with Crippen LogP contribution in [0.4, 0.5) is 0 Å². The summed E-state index contributed by atoms with van der Waals surface area (Å²) in [6.45, 7) is 2.15. The lowest BCUT2D eigenvalue weighted by molar-refractivity contribution is -0.125. The van der Waals surface area contributed by atoms with E-state index < -0.39 is 0 Å². The first kappa shape index (κ1) is 12.2. The van der Waals surface area contributed by atoms with Gasteiger partial charge in [0.05, 0.1) is 12.5 Å². The second-order valence-corrected chi connectivity index (χ2v) is 5.54. The molecule has 4 heteroatoms. The van der Waals surface area contributed by atoms with Crippen molar-refractivity contribution in [1.82, 2.24) is 5.32 Å². The third-order valence-corrected chi connectivity index (χ3v) is 4.08. The van der Waals surface area contributed by atoms with Crippen LogP contribution in [0.5, 0.6) is 0 Å². The Morgan fingerprint density at radius 2 is 2.00 bits per heavy atom. The maximum absolute atomic E-state index is 11.7. The van der Waals surface area contributed by atoms with Crippen molar-refractivity contribution in [3.05, 3.63) is 0 Å². The summed E-state index contributed by atoms with van der Waals surface area (Å²) in [6, 6.07) is 0. The molecular formula is C12H20ClNO2. The standard InChI is InChI=1S/C12H20ClNO2/c13-11-3-1-9(2-4-11)7-14-12(15)10-5-6-16-8-10/h9-11H,1-8H2,(H,14,15). The molecule has 1 unspecified atom stereocenters. The molecule has 1 heterocycles. The van der Waals surface area contributed by atoms with Crippen LogP contribution in [-0.2, 0) is 9.53 Å². The monoisotopic (exact) mass is 245 g/mol. The Hall–Kier alpha value is -0.280. The van der Waals surface area contributed by atoms with E-state index in [-0.39, 0.29) is 11.8 Å². The van der Waals surface area contributed by atoms with E-state index in [0.29, 0.717) is 17.9 Å². The number of rotatable bonds is 3. The first-order valence-corrected chi connectivity index (χ1v) is 6.69. The zero-order valence-corrected chi connectivity index (χ0v) is 10.3. The summed E-state index contributed by atoms with van der Waals surface area (Å²) in [4.78, 5) is 11.7. The van der Waals surface area contributed by atoms with Crippen molar-refractivity contribution in [1.29, 1.82) is 0 Å². The fourth-order valence-electron chi connectivity index (χ4n) is 2.46. The zero-order valence-electron chi connectivity index (χ0n) is 9.58. The van der Waals surface area contributed by atoms with Crippen LogP contribution in [0, 0.1) is 11.8 Å². The lowest BCUT2D eigenvalue weighted by Gasteiger charge is -2.25. The van der Waals surface area contributed by atoms with Crippen LogP contribution < -0.4 is 5.32 Å². The average Bonchev–Trinajstić information content (AvgIpc) is 2.81. The van der Waals surface area contributed by atoms with E-state index in [1.807, 2.05) is 0 Å². The Kier molecular flexibility index (Phi) is 4.47. The molecule has 16 heavy (non-hydrogen) atoms. The highest BCUT2D eigenvalue weighted by Gasteiger charge is 2.25. The van der Waals surface area contributed by atoms with Gasteiger partial charge in [0.25, 0.3) is 0 Å². The van der Waals surface area contributed by atoms with Gasteiger partial charge >= 0.3 is 0 Å².